The van der Waals surface area contributed by atoms with Crippen LogP contribution in [0.1, 0.15) is 24.0 Å². The Morgan fingerprint density at radius 2 is 1.62 bits per heavy atom. The second kappa shape index (κ2) is 11.2. The second-order valence-electron chi connectivity index (χ2n) is 9.29. The first-order valence-corrected chi connectivity index (χ1v) is 15.4. The van der Waals surface area contributed by atoms with Crippen LogP contribution in [-0.4, -0.2) is 83.1 Å². The number of sulfonamides is 1. The number of aliphatic hydroxyl groups excluding tert-OH is 1. The zero-order valence-corrected chi connectivity index (χ0v) is 22.3. The van der Waals surface area contributed by atoms with Gasteiger partial charge in [0.2, 0.25) is 15.9 Å². The quantitative estimate of drug-likeness (QED) is 0.473. The summed E-state index contributed by atoms with van der Waals surface area (Å²) in [6, 6.07) is 12.0. The van der Waals surface area contributed by atoms with Crippen LogP contribution in [0.3, 0.4) is 0 Å². The van der Waals surface area contributed by atoms with Gasteiger partial charge in [-0.25, -0.2) is 16.8 Å². The van der Waals surface area contributed by atoms with E-state index in [1.54, 1.807) is 43.3 Å². The van der Waals surface area contributed by atoms with E-state index in [0.29, 0.717) is 55.8 Å². The maximum Gasteiger partial charge on any atom is 0.243 e. The molecule has 4 rings (SSSR count). The maximum atomic E-state index is 13.5. The minimum Gasteiger partial charge on any atom is -0.395 e. The lowest BCUT2D eigenvalue weighted by Crippen LogP contribution is -2.47. The van der Waals surface area contributed by atoms with Crippen molar-refractivity contribution in [2.45, 2.75) is 36.2 Å². The zero-order chi connectivity index (χ0) is 26.7. The maximum absolute atomic E-state index is 13.5. The summed E-state index contributed by atoms with van der Waals surface area (Å²) in [5, 5.41) is 11.1. The van der Waals surface area contributed by atoms with Crippen molar-refractivity contribution in [2.75, 3.05) is 45.2 Å². The van der Waals surface area contributed by atoms with E-state index in [0.717, 1.165) is 5.56 Å². The van der Waals surface area contributed by atoms with E-state index in [2.05, 4.69) is 5.32 Å². The van der Waals surface area contributed by atoms with Gasteiger partial charge in [-0.3, -0.25) is 4.79 Å². The van der Waals surface area contributed by atoms with Gasteiger partial charge in [-0.2, -0.15) is 4.31 Å². The van der Waals surface area contributed by atoms with Crippen LogP contribution in [0.25, 0.3) is 11.1 Å². The molecular weight excluding hydrogens is 520 g/mol. The fourth-order valence-corrected chi connectivity index (χ4v) is 7.59. The SMILES string of the molecule is Cc1ccc(-c2ccc(CS(=O)(=O)CC(=O)NCCO)cc2)cc1S(=O)(=O)N1CCC2(CC1)OCCO2. The second-order valence-corrected chi connectivity index (χ2v) is 13.3. The smallest absolute Gasteiger partial charge is 0.243 e. The molecule has 2 aliphatic heterocycles. The molecule has 0 saturated carbocycles. The summed E-state index contributed by atoms with van der Waals surface area (Å²) < 4.78 is 64.6. The highest BCUT2D eigenvalue weighted by molar-refractivity contribution is 7.91. The third-order valence-corrected chi connectivity index (χ3v) is 10.1. The van der Waals surface area contributed by atoms with Gasteiger partial charge in [0.25, 0.3) is 0 Å². The molecule has 12 heteroatoms. The highest BCUT2D eigenvalue weighted by Crippen LogP contribution is 2.35. The van der Waals surface area contributed by atoms with Crippen LogP contribution in [0, 0.1) is 6.92 Å². The summed E-state index contributed by atoms with van der Waals surface area (Å²) in [7, 11) is -7.42. The molecule has 2 aromatic carbocycles. The summed E-state index contributed by atoms with van der Waals surface area (Å²) in [6.07, 6.45) is 0.969. The molecule has 1 spiro atoms. The fraction of sp³-hybridized carbons (Fsp3) is 0.480. The van der Waals surface area contributed by atoms with Crippen molar-refractivity contribution in [1.29, 1.82) is 0 Å². The van der Waals surface area contributed by atoms with Gasteiger partial charge in [0.05, 0.1) is 30.5 Å². The highest BCUT2D eigenvalue weighted by Gasteiger charge is 2.42. The molecule has 0 aliphatic carbocycles. The van der Waals surface area contributed by atoms with Crippen molar-refractivity contribution in [3.63, 3.8) is 0 Å². The lowest BCUT2D eigenvalue weighted by Gasteiger charge is -2.37. The highest BCUT2D eigenvalue weighted by atomic mass is 32.2. The molecule has 2 fully saturated rings. The number of ether oxygens (including phenoxy) is 2. The van der Waals surface area contributed by atoms with Gasteiger partial charge in [-0.1, -0.05) is 36.4 Å². The molecule has 1 amide bonds. The molecule has 37 heavy (non-hydrogen) atoms. The molecule has 0 radical (unpaired) electrons. The molecule has 2 aromatic rings. The predicted octanol–water partition coefficient (Wildman–Crippen LogP) is 1.21. The zero-order valence-electron chi connectivity index (χ0n) is 20.7. The van der Waals surface area contributed by atoms with Crippen molar-refractivity contribution >= 4 is 25.8 Å². The van der Waals surface area contributed by atoms with Gasteiger partial charge in [0.15, 0.2) is 15.6 Å². The number of carbonyl (C=O) groups is 1. The van der Waals surface area contributed by atoms with Crippen LogP contribution < -0.4 is 5.32 Å². The molecule has 10 nitrogen and oxygen atoms in total. The summed E-state index contributed by atoms with van der Waals surface area (Å²) in [5.74, 6) is -2.30. The molecule has 202 valence electrons. The van der Waals surface area contributed by atoms with Crippen LogP contribution in [0.15, 0.2) is 47.4 Å². The fourth-order valence-electron chi connectivity index (χ4n) is 4.59. The van der Waals surface area contributed by atoms with E-state index < -0.39 is 37.3 Å². The third kappa shape index (κ3) is 6.57. The molecule has 0 unspecified atom stereocenters. The Morgan fingerprint density at radius 1 is 1.00 bits per heavy atom. The standard InChI is InChI=1S/C25H32N2O8S2/c1-19-2-5-22(16-23(19)37(32,33)27-11-8-25(9-12-27)34-14-15-35-25)21-6-3-20(4-7-21)17-36(30,31)18-24(29)26-10-13-28/h2-7,16,28H,8-15,17-18H2,1H3,(H,26,29). The van der Waals surface area contributed by atoms with Crippen molar-refractivity contribution in [2.24, 2.45) is 0 Å². The first-order valence-electron chi connectivity index (χ1n) is 12.1. The van der Waals surface area contributed by atoms with Gasteiger partial charge >= 0.3 is 0 Å². The van der Waals surface area contributed by atoms with E-state index >= 15 is 0 Å². The van der Waals surface area contributed by atoms with Gasteiger partial charge in [-0.15, -0.1) is 0 Å². The normalized spacial score (nSPS) is 18.2. The first-order chi connectivity index (χ1) is 17.5. The molecule has 2 aliphatic rings. The van der Waals surface area contributed by atoms with Crippen molar-refractivity contribution < 1.29 is 36.2 Å². The summed E-state index contributed by atoms with van der Waals surface area (Å²) >= 11 is 0. The number of piperidine rings is 1. The van der Waals surface area contributed by atoms with Crippen molar-refractivity contribution in [1.82, 2.24) is 9.62 Å². The number of hydrogen-bond acceptors (Lipinski definition) is 8. The van der Waals surface area contributed by atoms with E-state index in [1.807, 2.05) is 6.07 Å². The van der Waals surface area contributed by atoms with Crippen LogP contribution in [0.5, 0.6) is 0 Å². The minimum atomic E-state index is -3.73. The van der Waals surface area contributed by atoms with E-state index in [-0.39, 0.29) is 23.8 Å². The van der Waals surface area contributed by atoms with Crippen LogP contribution in [0.2, 0.25) is 0 Å². The van der Waals surface area contributed by atoms with Crippen LogP contribution in [-0.2, 0) is 39.9 Å². The van der Waals surface area contributed by atoms with Gasteiger partial charge in [0, 0.05) is 32.5 Å². The number of amides is 1. The number of carbonyl (C=O) groups excluding carboxylic acids is 1. The average molecular weight is 553 g/mol. The molecule has 0 bridgehead atoms. The Bertz CT molecular complexity index is 1330. The first kappa shape index (κ1) is 27.7. The largest absolute Gasteiger partial charge is 0.395 e. The topological polar surface area (TPSA) is 139 Å². The molecule has 2 saturated heterocycles. The van der Waals surface area contributed by atoms with Crippen molar-refractivity contribution in [3.05, 3.63) is 53.6 Å². The number of rotatable bonds is 9. The van der Waals surface area contributed by atoms with E-state index in [4.69, 9.17) is 14.6 Å². The number of aliphatic hydroxyl groups is 1. The van der Waals surface area contributed by atoms with Crippen LogP contribution in [0.4, 0.5) is 0 Å². The molecule has 2 N–H and O–H groups in total. The Labute approximate surface area is 217 Å². The Morgan fingerprint density at radius 3 is 2.24 bits per heavy atom. The molecular formula is C25H32N2O8S2. The lowest BCUT2D eigenvalue weighted by molar-refractivity contribution is -0.179. The Balaban J connectivity index is 1.47. The average Bonchev–Trinajstić information content (AvgIpc) is 3.31. The number of hydrogen-bond donors (Lipinski definition) is 2. The number of benzene rings is 2. The van der Waals surface area contributed by atoms with Gasteiger partial charge in [0.1, 0.15) is 5.75 Å². The number of aryl methyl sites for hydroxylation is 1. The minimum absolute atomic E-state index is 0.00131. The van der Waals surface area contributed by atoms with Gasteiger partial charge in [-0.05, 0) is 35.2 Å². The number of nitrogens with one attached hydrogen (secondary N) is 1. The lowest BCUT2D eigenvalue weighted by atomic mass is 10.0. The van der Waals surface area contributed by atoms with Crippen LogP contribution >= 0.6 is 0 Å². The monoisotopic (exact) mass is 552 g/mol. The predicted molar refractivity (Wildman–Crippen MR) is 137 cm³/mol. The Kier molecular flexibility index (Phi) is 8.36. The van der Waals surface area contributed by atoms with Gasteiger partial charge < -0.3 is 19.9 Å². The molecule has 0 atom stereocenters. The summed E-state index contributed by atoms with van der Waals surface area (Å²) in [4.78, 5) is 11.9. The van der Waals surface area contributed by atoms with E-state index in [1.165, 1.54) is 4.31 Å². The number of nitrogens with zero attached hydrogens (tertiary/aromatic N) is 1. The summed E-state index contributed by atoms with van der Waals surface area (Å²) in [5.41, 5.74) is 2.58. The number of sulfone groups is 1. The third-order valence-electron chi connectivity index (χ3n) is 6.56. The molecule has 2 heterocycles. The Hall–Kier alpha value is -2.35. The molecule has 0 aromatic heterocycles. The van der Waals surface area contributed by atoms with E-state index in [9.17, 15) is 21.6 Å². The van der Waals surface area contributed by atoms with Crippen molar-refractivity contribution in [3.8, 4) is 11.1 Å². The summed E-state index contributed by atoms with van der Waals surface area (Å²) in [6.45, 7) is 3.17.